The zero-order chi connectivity index (χ0) is 21.3. The van der Waals surface area contributed by atoms with Crippen LogP contribution in [0.3, 0.4) is 0 Å². The number of phenols is 3. The first-order chi connectivity index (χ1) is 14.1. The summed E-state index contributed by atoms with van der Waals surface area (Å²) in [7, 11) is 0. The molecule has 0 heterocycles. The van der Waals surface area contributed by atoms with Gasteiger partial charge in [-0.05, 0) is 44.2 Å². The van der Waals surface area contributed by atoms with Gasteiger partial charge in [-0.2, -0.15) is 0 Å². The van der Waals surface area contributed by atoms with Crippen LogP contribution in [0.15, 0.2) is 24.3 Å². The maximum absolute atomic E-state index is 11.8. The molecule has 0 bridgehead atoms. The fourth-order valence-electron chi connectivity index (χ4n) is 3.15. The van der Waals surface area contributed by atoms with E-state index in [0.29, 0.717) is 0 Å². The molecular formula is C24H38O5. The molecule has 164 valence electrons. The monoisotopic (exact) mass is 406 g/mol. The van der Waals surface area contributed by atoms with Crippen molar-refractivity contribution in [3.8, 4) is 23.0 Å². The van der Waals surface area contributed by atoms with Crippen molar-refractivity contribution in [1.82, 2.24) is 0 Å². The Morgan fingerprint density at radius 3 is 1.97 bits per heavy atom. The third kappa shape index (κ3) is 11.4. The van der Waals surface area contributed by atoms with E-state index in [1.807, 2.05) is 0 Å². The summed E-state index contributed by atoms with van der Waals surface area (Å²) in [6.07, 6.45) is 20.4. The standard InChI is InChI=1S/C24H38O5/c1-2-3-4-5-6-7-8-9-10-11-12-13-14-15-16-17-22(26)29-21-19-18-20(25)23(27)24(21)28/h9-10,18-19,25,27-28H,2-8,11-17H2,1H3/b10-9-. The molecule has 3 N–H and O–H groups in total. The van der Waals surface area contributed by atoms with E-state index in [4.69, 9.17) is 4.74 Å². The molecule has 0 saturated carbocycles. The van der Waals surface area contributed by atoms with Crippen molar-refractivity contribution in [2.45, 2.75) is 96.8 Å². The lowest BCUT2D eigenvalue weighted by Gasteiger charge is -2.08. The minimum Gasteiger partial charge on any atom is -0.504 e. The number of esters is 1. The van der Waals surface area contributed by atoms with E-state index in [0.717, 1.165) is 32.1 Å². The normalized spacial score (nSPS) is 11.2. The molecule has 1 aromatic carbocycles. The third-order valence-corrected chi connectivity index (χ3v) is 4.96. The van der Waals surface area contributed by atoms with Crippen LogP contribution in [0.1, 0.15) is 96.8 Å². The number of unbranched alkanes of at least 4 members (excludes halogenated alkanes) is 11. The van der Waals surface area contributed by atoms with E-state index in [9.17, 15) is 20.1 Å². The molecule has 5 nitrogen and oxygen atoms in total. The fourth-order valence-corrected chi connectivity index (χ4v) is 3.15. The SMILES string of the molecule is CCCCCCCC/C=C\CCCCCCCC(=O)Oc1ccc(O)c(O)c1O. The number of rotatable bonds is 16. The van der Waals surface area contributed by atoms with Crippen LogP contribution in [-0.4, -0.2) is 21.3 Å². The number of phenolic OH excluding ortho intramolecular Hbond substituents is 3. The van der Waals surface area contributed by atoms with Gasteiger partial charge in [-0.25, -0.2) is 0 Å². The van der Waals surface area contributed by atoms with Crippen molar-refractivity contribution in [2.75, 3.05) is 0 Å². The lowest BCUT2D eigenvalue weighted by molar-refractivity contribution is -0.134. The maximum atomic E-state index is 11.8. The quantitative estimate of drug-likeness (QED) is 0.0929. The topological polar surface area (TPSA) is 87.0 Å². The summed E-state index contributed by atoms with van der Waals surface area (Å²) in [4.78, 5) is 11.8. The summed E-state index contributed by atoms with van der Waals surface area (Å²) >= 11 is 0. The third-order valence-electron chi connectivity index (χ3n) is 4.96. The number of ether oxygens (including phenoxy) is 1. The molecule has 0 amide bonds. The summed E-state index contributed by atoms with van der Waals surface area (Å²) < 4.78 is 5.03. The Morgan fingerprint density at radius 2 is 1.34 bits per heavy atom. The molecule has 0 aromatic heterocycles. The molecule has 0 aliphatic heterocycles. The van der Waals surface area contributed by atoms with E-state index >= 15 is 0 Å². The average molecular weight is 407 g/mol. The Labute approximate surface area is 175 Å². The van der Waals surface area contributed by atoms with Crippen LogP contribution in [0.4, 0.5) is 0 Å². The number of carbonyl (C=O) groups excluding carboxylic acids is 1. The van der Waals surface area contributed by atoms with E-state index in [-0.39, 0.29) is 12.2 Å². The number of carbonyl (C=O) groups is 1. The number of hydrogen-bond donors (Lipinski definition) is 3. The molecular weight excluding hydrogens is 368 g/mol. The van der Waals surface area contributed by atoms with Crippen molar-refractivity contribution in [2.24, 2.45) is 0 Å². The van der Waals surface area contributed by atoms with Gasteiger partial charge in [0.2, 0.25) is 11.5 Å². The second kappa shape index (κ2) is 15.7. The van der Waals surface area contributed by atoms with Gasteiger partial charge in [-0.1, -0.05) is 70.4 Å². The molecule has 5 heteroatoms. The molecule has 29 heavy (non-hydrogen) atoms. The van der Waals surface area contributed by atoms with Gasteiger partial charge in [-0.15, -0.1) is 0 Å². The second-order valence-corrected chi connectivity index (χ2v) is 7.59. The summed E-state index contributed by atoms with van der Waals surface area (Å²) in [6.45, 7) is 2.25. The molecule has 0 atom stereocenters. The van der Waals surface area contributed by atoms with Crippen molar-refractivity contribution >= 4 is 5.97 Å². The van der Waals surface area contributed by atoms with Gasteiger partial charge < -0.3 is 20.1 Å². The molecule has 0 spiro atoms. The Kier molecular flexibility index (Phi) is 13.5. The van der Waals surface area contributed by atoms with Crippen LogP contribution >= 0.6 is 0 Å². The van der Waals surface area contributed by atoms with Crippen molar-refractivity contribution < 1.29 is 24.9 Å². The first-order valence-corrected chi connectivity index (χ1v) is 11.2. The highest BCUT2D eigenvalue weighted by molar-refractivity contribution is 5.74. The lowest BCUT2D eigenvalue weighted by Crippen LogP contribution is -2.07. The molecule has 1 aromatic rings. The highest BCUT2D eigenvalue weighted by Gasteiger charge is 2.15. The average Bonchev–Trinajstić information content (AvgIpc) is 2.71. The van der Waals surface area contributed by atoms with Gasteiger partial charge in [-0.3, -0.25) is 4.79 Å². The summed E-state index contributed by atoms with van der Waals surface area (Å²) in [5, 5.41) is 28.3. The number of hydrogen-bond acceptors (Lipinski definition) is 5. The van der Waals surface area contributed by atoms with E-state index in [1.54, 1.807) is 0 Å². The Hall–Kier alpha value is -2.17. The van der Waals surface area contributed by atoms with Crippen molar-refractivity contribution in [1.29, 1.82) is 0 Å². The zero-order valence-electron chi connectivity index (χ0n) is 17.9. The van der Waals surface area contributed by atoms with Gasteiger partial charge in [0, 0.05) is 6.42 Å². The molecule has 0 saturated heterocycles. The number of allylic oxidation sites excluding steroid dienone is 2. The summed E-state index contributed by atoms with van der Waals surface area (Å²) in [5.74, 6) is -2.36. The van der Waals surface area contributed by atoms with E-state index < -0.39 is 23.2 Å². The smallest absolute Gasteiger partial charge is 0.311 e. The first kappa shape index (κ1) is 24.9. The first-order valence-electron chi connectivity index (χ1n) is 11.2. The van der Waals surface area contributed by atoms with E-state index in [2.05, 4.69) is 19.1 Å². The minimum atomic E-state index is -0.684. The highest BCUT2D eigenvalue weighted by Crippen LogP contribution is 2.41. The number of benzene rings is 1. The van der Waals surface area contributed by atoms with E-state index in [1.165, 1.54) is 63.5 Å². The van der Waals surface area contributed by atoms with Gasteiger partial charge in [0.05, 0.1) is 0 Å². The van der Waals surface area contributed by atoms with Crippen molar-refractivity contribution in [3.63, 3.8) is 0 Å². The molecule has 0 radical (unpaired) electrons. The molecule has 1 rings (SSSR count). The predicted octanol–water partition coefficient (Wildman–Crippen LogP) is 6.75. The number of aromatic hydroxyl groups is 3. The van der Waals surface area contributed by atoms with Gasteiger partial charge in [0.25, 0.3) is 0 Å². The molecule has 0 fully saturated rings. The van der Waals surface area contributed by atoms with Gasteiger partial charge in [0.1, 0.15) is 0 Å². The van der Waals surface area contributed by atoms with Crippen molar-refractivity contribution in [3.05, 3.63) is 24.3 Å². The maximum Gasteiger partial charge on any atom is 0.311 e. The van der Waals surface area contributed by atoms with Crippen LogP contribution in [0.25, 0.3) is 0 Å². The largest absolute Gasteiger partial charge is 0.504 e. The second-order valence-electron chi connectivity index (χ2n) is 7.59. The molecule has 0 aliphatic carbocycles. The van der Waals surface area contributed by atoms with Gasteiger partial charge in [0.15, 0.2) is 11.5 Å². The summed E-state index contributed by atoms with van der Waals surface area (Å²) in [6, 6.07) is 2.42. The minimum absolute atomic E-state index is 0.141. The van der Waals surface area contributed by atoms with Gasteiger partial charge >= 0.3 is 5.97 Å². The zero-order valence-corrected chi connectivity index (χ0v) is 17.9. The Morgan fingerprint density at radius 1 is 0.793 bits per heavy atom. The molecule has 0 unspecified atom stereocenters. The fraction of sp³-hybridized carbons (Fsp3) is 0.625. The van der Waals surface area contributed by atoms with Crippen LogP contribution in [-0.2, 0) is 4.79 Å². The van der Waals surface area contributed by atoms with Crippen LogP contribution in [0.2, 0.25) is 0 Å². The summed E-state index contributed by atoms with van der Waals surface area (Å²) in [5.41, 5.74) is 0. The Balaban J connectivity index is 1.97. The highest BCUT2D eigenvalue weighted by atomic mass is 16.5. The van der Waals surface area contributed by atoms with Crippen LogP contribution in [0.5, 0.6) is 23.0 Å². The van der Waals surface area contributed by atoms with Crippen LogP contribution < -0.4 is 4.74 Å². The van der Waals surface area contributed by atoms with Crippen LogP contribution in [0, 0.1) is 0 Å². The Bertz CT molecular complexity index is 610. The predicted molar refractivity (Wildman–Crippen MR) is 117 cm³/mol. The lowest BCUT2D eigenvalue weighted by atomic mass is 10.1. The molecule has 0 aliphatic rings.